The molecule has 16 heavy (non-hydrogen) atoms. The number of carbonyl (C=O) groups excluding carboxylic acids is 1. The number of hydrogen-bond donors (Lipinski definition) is 1. The first-order valence-electron chi connectivity index (χ1n) is 5.36. The van der Waals surface area contributed by atoms with E-state index in [9.17, 15) is 9.59 Å². The molecular weight excluding hydrogens is 210 g/mol. The van der Waals surface area contributed by atoms with Gasteiger partial charge in [0.05, 0.1) is 5.92 Å². The van der Waals surface area contributed by atoms with Gasteiger partial charge in [0.2, 0.25) is 0 Å². The highest BCUT2D eigenvalue weighted by Gasteiger charge is 2.61. The molecule has 2 bridgehead atoms. The summed E-state index contributed by atoms with van der Waals surface area (Å²) in [5.74, 6) is -1.14. The third-order valence-corrected chi connectivity index (χ3v) is 3.63. The Bertz CT molecular complexity index is 341. The van der Waals surface area contributed by atoms with Crippen molar-refractivity contribution < 1.29 is 19.4 Å². The Morgan fingerprint density at radius 3 is 2.81 bits per heavy atom. The van der Waals surface area contributed by atoms with Crippen LogP contribution < -0.4 is 0 Å². The Labute approximate surface area is 93.7 Å². The fourth-order valence-corrected chi connectivity index (χ4v) is 2.81. The summed E-state index contributed by atoms with van der Waals surface area (Å²) >= 11 is 0. The van der Waals surface area contributed by atoms with E-state index in [1.54, 1.807) is 4.90 Å². The SMILES string of the molecule is C=CCOC(=O)N1[C@H](C)[C@H]2C[C@@H]1[C@H]2C(=O)O. The average Bonchev–Trinajstić information content (AvgIpc) is 2.63. The lowest BCUT2D eigenvalue weighted by molar-refractivity contribution is -0.147. The summed E-state index contributed by atoms with van der Waals surface area (Å²) in [6, 6.07) is -0.224. The van der Waals surface area contributed by atoms with E-state index in [0.717, 1.165) is 6.42 Å². The Morgan fingerprint density at radius 1 is 1.62 bits per heavy atom. The second kappa shape index (κ2) is 3.81. The summed E-state index contributed by atoms with van der Waals surface area (Å²) < 4.78 is 4.95. The molecule has 88 valence electrons. The van der Waals surface area contributed by atoms with Gasteiger partial charge < -0.3 is 14.7 Å². The molecule has 2 saturated heterocycles. The molecule has 1 saturated carbocycles. The van der Waals surface area contributed by atoms with Gasteiger partial charge in [-0.3, -0.25) is 4.79 Å². The number of hydrogen-bond acceptors (Lipinski definition) is 3. The zero-order valence-electron chi connectivity index (χ0n) is 9.13. The number of carbonyl (C=O) groups is 2. The summed E-state index contributed by atoms with van der Waals surface area (Å²) in [6.07, 6.45) is 1.85. The van der Waals surface area contributed by atoms with Crippen LogP contribution in [-0.2, 0) is 9.53 Å². The van der Waals surface area contributed by atoms with Gasteiger partial charge in [-0.15, -0.1) is 0 Å². The molecule has 3 fully saturated rings. The first kappa shape index (κ1) is 11.0. The van der Waals surface area contributed by atoms with Gasteiger partial charge in [0.15, 0.2) is 0 Å². The second-order valence-electron chi connectivity index (χ2n) is 4.34. The highest BCUT2D eigenvalue weighted by Crippen LogP contribution is 2.50. The van der Waals surface area contributed by atoms with Crippen molar-refractivity contribution in [3.8, 4) is 0 Å². The lowest BCUT2D eigenvalue weighted by Crippen LogP contribution is -2.45. The van der Waals surface area contributed by atoms with Crippen LogP contribution in [0.2, 0.25) is 0 Å². The predicted molar refractivity (Wildman–Crippen MR) is 55.9 cm³/mol. The van der Waals surface area contributed by atoms with Crippen LogP contribution in [0.15, 0.2) is 12.7 Å². The molecule has 0 radical (unpaired) electrons. The second-order valence-corrected chi connectivity index (χ2v) is 4.34. The van der Waals surface area contributed by atoms with Crippen LogP contribution in [0, 0.1) is 11.8 Å². The molecule has 1 N–H and O–H groups in total. The molecule has 0 aromatic heterocycles. The van der Waals surface area contributed by atoms with Crippen molar-refractivity contribution in [2.45, 2.75) is 25.4 Å². The van der Waals surface area contributed by atoms with E-state index in [1.807, 2.05) is 6.92 Å². The van der Waals surface area contributed by atoms with Crippen LogP contribution >= 0.6 is 0 Å². The minimum Gasteiger partial charge on any atom is -0.481 e. The Hall–Kier alpha value is -1.52. The molecular formula is C11H15NO4. The highest BCUT2D eigenvalue weighted by atomic mass is 16.6. The summed E-state index contributed by atoms with van der Waals surface area (Å²) in [5.41, 5.74) is 0. The lowest BCUT2D eigenvalue weighted by atomic mass is 9.72. The van der Waals surface area contributed by atoms with Crippen LogP contribution in [0.25, 0.3) is 0 Å². The van der Waals surface area contributed by atoms with Crippen molar-refractivity contribution in [3.63, 3.8) is 0 Å². The number of nitrogens with zero attached hydrogens (tertiary/aromatic N) is 1. The zero-order valence-corrected chi connectivity index (χ0v) is 9.13. The molecule has 1 amide bonds. The van der Waals surface area contributed by atoms with E-state index in [-0.39, 0.29) is 24.6 Å². The fourth-order valence-electron chi connectivity index (χ4n) is 2.81. The Balaban J connectivity index is 2.05. The molecule has 5 nitrogen and oxygen atoms in total. The number of amides is 1. The molecule has 5 heteroatoms. The third-order valence-electron chi connectivity index (χ3n) is 3.63. The van der Waals surface area contributed by atoms with Gasteiger partial charge in [0.25, 0.3) is 0 Å². The van der Waals surface area contributed by atoms with E-state index in [2.05, 4.69) is 6.58 Å². The maximum absolute atomic E-state index is 11.7. The van der Waals surface area contributed by atoms with Gasteiger partial charge in [-0.2, -0.15) is 0 Å². The molecule has 3 rings (SSSR count). The topological polar surface area (TPSA) is 66.8 Å². The average molecular weight is 225 g/mol. The van der Waals surface area contributed by atoms with Crippen LogP contribution in [0.3, 0.4) is 0 Å². The number of carboxylic acids is 1. The van der Waals surface area contributed by atoms with Crippen LogP contribution in [0.5, 0.6) is 0 Å². The van der Waals surface area contributed by atoms with Crippen molar-refractivity contribution in [3.05, 3.63) is 12.7 Å². The molecule has 2 heterocycles. The van der Waals surface area contributed by atoms with Gasteiger partial charge >= 0.3 is 12.1 Å². The monoisotopic (exact) mass is 225 g/mol. The van der Waals surface area contributed by atoms with E-state index in [1.165, 1.54) is 6.08 Å². The Kier molecular flexibility index (Phi) is 2.61. The summed E-state index contributed by atoms with van der Waals surface area (Å²) in [6.45, 7) is 5.50. The maximum Gasteiger partial charge on any atom is 0.410 e. The van der Waals surface area contributed by atoms with Crippen molar-refractivity contribution in [2.24, 2.45) is 11.8 Å². The maximum atomic E-state index is 11.7. The zero-order chi connectivity index (χ0) is 11.9. The molecule has 1 aliphatic carbocycles. The molecule has 4 atom stereocenters. The quantitative estimate of drug-likeness (QED) is 0.730. The Morgan fingerprint density at radius 2 is 2.31 bits per heavy atom. The number of fused-ring (bicyclic) bond motifs is 1. The molecule has 0 aromatic rings. The van der Waals surface area contributed by atoms with E-state index in [0.29, 0.717) is 0 Å². The van der Waals surface area contributed by atoms with E-state index >= 15 is 0 Å². The molecule has 0 spiro atoms. The van der Waals surface area contributed by atoms with Crippen molar-refractivity contribution in [2.75, 3.05) is 6.61 Å². The summed E-state index contributed by atoms with van der Waals surface area (Å²) in [7, 11) is 0. The summed E-state index contributed by atoms with van der Waals surface area (Å²) in [4.78, 5) is 24.2. The van der Waals surface area contributed by atoms with Crippen molar-refractivity contribution in [1.29, 1.82) is 0 Å². The highest BCUT2D eigenvalue weighted by molar-refractivity contribution is 5.78. The van der Waals surface area contributed by atoms with E-state index in [4.69, 9.17) is 9.84 Å². The molecule has 3 aliphatic rings. The normalized spacial score (nSPS) is 35.4. The molecule has 0 aromatic carbocycles. The van der Waals surface area contributed by atoms with Gasteiger partial charge in [-0.05, 0) is 19.3 Å². The molecule has 2 aliphatic heterocycles. The fraction of sp³-hybridized carbons (Fsp3) is 0.636. The number of carboxylic acid groups (broad SMARTS) is 1. The number of rotatable bonds is 3. The van der Waals surface area contributed by atoms with Gasteiger partial charge in [-0.25, -0.2) is 4.79 Å². The first-order valence-corrected chi connectivity index (χ1v) is 5.36. The minimum atomic E-state index is -0.813. The lowest BCUT2D eigenvalue weighted by Gasteiger charge is -2.32. The van der Waals surface area contributed by atoms with Crippen molar-refractivity contribution >= 4 is 12.1 Å². The summed E-state index contributed by atoms with van der Waals surface area (Å²) in [5, 5.41) is 9.01. The van der Waals surface area contributed by atoms with Gasteiger partial charge in [0, 0.05) is 12.1 Å². The minimum absolute atomic E-state index is 0.0385. The van der Waals surface area contributed by atoms with E-state index < -0.39 is 18.0 Å². The first-order chi connectivity index (χ1) is 7.57. The van der Waals surface area contributed by atoms with Crippen LogP contribution in [0.4, 0.5) is 4.79 Å². The molecule has 0 unspecified atom stereocenters. The predicted octanol–water partition coefficient (Wildman–Crippen LogP) is 1.10. The number of aliphatic carboxylic acids is 1. The standard InChI is InChI=1S/C11H15NO4/c1-3-4-16-11(15)12-6(2)7-5-8(12)9(7)10(13)14/h3,6-9H,1,4-5H2,2H3,(H,13,14)/t6-,7-,8-,9+/m1/s1. The van der Waals surface area contributed by atoms with Crippen LogP contribution in [0.1, 0.15) is 13.3 Å². The van der Waals surface area contributed by atoms with Crippen LogP contribution in [-0.4, -0.2) is 40.8 Å². The van der Waals surface area contributed by atoms with Gasteiger partial charge in [-0.1, -0.05) is 12.7 Å². The van der Waals surface area contributed by atoms with Gasteiger partial charge in [0.1, 0.15) is 6.61 Å². The van der Waals surface area contributed by atoms with Crippen molar-refractivity contribution in [1.82, 2.24) is 4.90 Å². The number of ether oxygens (including phenoxy) is 1. The smallest absolute Gasteiger partial charge is 0.410 e. The largest absolute Gasteiger partial charge is 0.481 e. The third kappa shape index (κ3) is 1.38.